The summed E-state index contributed by atoms with van der Waals surface area (Å²) in [5.41, 5.74) is 0. The van der Waals surface area contributed by atoms with E-state index in [1.165, 1.54) is 10.4 Å². The fraction of sp³-hybridized carbons (Fsp3) is 0.625. The van der Waals surface area contributed by atoms with Crippen molar-refractivity contribution >= 4 is 44.8 Å². The van der Waals surface area contributed by atoms with E-state index in [0.29, 0.717) is 17.2 Å². The number of nitrogens with zero attached hydrogens (tertiary/aromatic N) is 2. The zero-order valence-corrected chi connectivity index (χ0v) is 16.5. The number of halogens is 1. The molecule has 1 aromatic heterocycles. The lowest BCUT2D eigenvalue weighted by atomic mass is 9.78. The molecule has 0 unspecified atom stereocenters. The van der Waals surface area contributed by atoms with E-state index in [0.717, 1.165) is 24.2 Å². The predicted octanol–water partition coefficient (Wildman–Crippen LogP) is 2.13. The van der Waals surface area contributed by atoms with E-state index in [2.05, 4.69) is 0 Å². The van der Waals surface area contributed by atoms with Crippen molar-refractivity contribution in [2.24, 2.45) is 11.8 Å². The molecule has 7 nitrogen and oxygen atoms in total. The molecular formula is C16H21ClN2O5S2. The van der Waals surface area contributed by atoms with Gasteiger partial charge in [-0.2, -0.15) is 4.31 Å². The average Bonchev–Trinajstić information content (AvgIpc) is 3.08. The van der Waals surface area contributed by atoms with Crippen molar-refractivity contribution in [1.82, 2.24) is 9.21 Å². The van der Waals surface area contributed by atoms with Crippen LogP contribution < -0.4 is 0 Å². The van der Waals surface area contributed by atoms with Crippen molar-refractivity contribution in [3.05, 3.63) is 16.5 Å². The molecule has 0 spiro atoms. The molecule has 10 heteroatoms. The van der Waals surface area contributed by atoms with E-state index in [4.69, 9.17) is 11.6 Å². The maximum atomic E-state index is 12.8. The van der Waals surface area contributed by atoms with Crippen molar-refractivity contribution in [3.63, 3.8) is 0 Å². The van der Waals surface area contributed by atoms with Crippen molar-refractivity contribution < 1.29 is 23.1 Å². The number of thiophene rings is 1. The largest absolute Gasteiger partial charge is 0.481 e. The molecule has 0 radical (unpaired) electrons. The van der Waals surface area contributed by atoms with Gasteiger partial charge in [-0.15, -0.1) is 11.3 Å². The SMILES string of the molecule is O=C(O)[C@@H]1CCCC[C@@H]1C(=O)N1CCN(S(=O)(=O)c2ccc(Cl)s2)CC1. The number of sulfonamides is 1. The predicted molar refractivity (Wildman–Crippen MR) is 97.8 cm³/mol. The first-order valence-electron chi connectivity index (χ1n) is 8.58. The highest BCUT2D eigenvalue weighted by molar-refractivity contribution is 7.91. The van der Waals surface area contributed by atoms with Crippen LogP contribution in [0.2, 0.25) is 4.34 Å². The van der Waals surface area contributed by atoms with Gasteiger partial charge >= 0.3 is 5.97 Å². The molecule has 1 aliphatic heterocycles. The Morgan fingerprint density at radius 3 is 2.23 bits per heavy atom. The lowest BCUT2D eigenvalue weighted by Gasteiger charge is -2.37. The van der Waals surface area contributed by atoms with Gasteiger partial charge in [-0.05, 0) is 25.0 Å². The van der Waals surface area contributed by atoms with Gasteiger partial charge < -0.3 is 10.0 Å². The third kappa shape index (κ3) is 3.90. The molecule has 1 amide bonds. The molecule has 2 aliphatic rings. The number of piperazine rings is 1. The van der Waals surface area contributed by atoms with E-state index < -0.39 is 27.8 Å². The average molecular weight is 421 g/mol. The summed E-state index contributed by atoms with van der Waals surface area (Å²) in [5.74, 6) is -2.21. The Balaban J connectivity index is 1.64. The van der Waals surface area contributed by atoms with Gasteiger partial charge in [0.1, 0.15) is 4.21 Å². The number of amides is 1. The molecular weight excluding hydrogens is 400 g/mol. The van der Waals surface area contributed by atoms with Gasteiger partial charge in [-0.3, -0.25) is 9.59 Å². The van der Waals surface area contributed by atoms with E-state index in [1.807, 2.05) is 0 Å². The van der Waals surface area contributed by atoms with Crippen LogP contribution in [0, 0.1) is 11.8 Å². The summed E-state index contributed by atoms with van der Waals surface area (Å²) in [5, 5.41) is 9.36. The van der Waals surface area contributed by atoms with Gasteiger partial charge in [0.05, 0.1) is 16.2 Å². The van der Waals surface area contributed by atoms with E-state index in [9.17, 15) is 23.1 Å². The van der Waals surface area contributed by atoms with Gasteiger partial charge in [0, 0.05) is 26.2 Å². The Bertz CT molecular complexity index is 786. The van der Waals surface area contributed by atoms with Crippen LogP contribution in [0.15, 0.2) is 16.3 Å². The summed E-state index contributed by atoms with van der Waals surface area (Å²) >= 11 is 6.84. The van der Waals surface area contributed by atoms with Crippen molar-refractivity contribution in [3.8, 4) is 0 Å². The zero-order chi connectivity index (χ0) is 18.9. The quantitative estimate of drug-likeness (QED) is 0.805. The first-order chi connectivity index (χ1) is 12.3. The van der Waals surface area contributed by atoms with Crippen LogP contribution in [0.5, 0.6) is 0 Å². The Morgan fingerprint density at radius 1 is 1.08 bits per heavy atom. The monoisotopic (exact) mass is 420 g/mol. The number of carbonyl (C=O) groups is 2. The highest BCUT2D eigenvalue weighted by Crippen LogP contribution is 2.33. The highest BCUT2D eigenvalue weighted by atomic mass is 35.5. The number of hydrogen-bond acceptors (Lipinski definition) is 5. The smallest absolute Gasteiger partial charge is 0.307 e. The summed E-state index contributed by atoms with van der Waals surface area (Å²) in [6.45, 7) is 0.960. The second-order valence-electron chi connectivity index (χ2n) is 6.62. The van der Waals surface area contributed by atoms with Crippen molar-refractivity contribution in [1.29, 1.82) is 0 Å². The van der Waals surface area contributed by atoms with Gasteiger partial charge in [0.25, 0.3) is 10.0 Å². The zero-order valence-electron chi connectivity index (χ0n) is 14.1. The van der Waals surface area contributed by atoms with Crippen LogP contribution in [0.25, 0.3) is 0 Å². The molecule has 26 heavy (non-hydrogen) atoms. The Labute approximate surface area is 161 Å². The van der Waals surface area contributed by atoms with Crippen LogP contribution in [-0.2, 0) is 19.6 Å². The topological polar surface area (TPSA) is 95.0 Å². The first kappa shape index (κ1) is 19.6. The molecule has 2 heterocycles. The summed E-state index contributed by atoms with van der Waals surface area (Å²) in [6, 6.07) is 3.04. The number of aliphatic carboxylic acids is 1. The highest BCUT2D eigenvalue weighted by Gasteiger charge is 2.39. The normalized spacial score (nSPS) is 25.2. The Hall–Kier alpha value is -1.16. The second kappa shape index (κ2) is 7.84. The van der Waals surface area contributed by atoms with Crippen molar-refractivity contribution in [2.45, 2.75) is 29.9 Å². The summed E-state index contributed by atoms with van der Waals surface area (Å²) < 4.78 is 27.2. The molecule has 1 aromatic rings. The molecule has 3 rings (SSSR count). The van der Waals surface area contributed by atoms with Crippen LogP contribution in [0.3, 0.4) is 0 Å². The molecule has 1 saturated heterocycles. The standard InChI is InChI=1S/C16H21ClN2O5S2/c17-13-5-6-14(25-13)26(23,24)19-9-7-18(8-10-19)15(20)11-3-1-2-4-12(11)16(21)22/h5-6,11-12H,1-4,7-10H2,(H,21,22)/t11-,12+/m0/s1. The van der Waals surface area contributed by atoms with Gasteiger partial charge in [0.15, 0.2) is 0 Å². The van der Waals surface area contributed by atoms with Gasteiger partial charge in [0.2, 0.25) is 5.91 Å². The van der Waals surface area contributed by atoms with Crippen LogP contribution in [0.4, 0.5) is 0 Å². The minimum atomic E-state index is -3.60. The first-order valence-corrected chi connectivity index (χ1v) is 11.2. The van der Waals surface area contributed by atoms with Crippen LogP contribution in [0.1, 0.15) is 25.7 Å². The number of carboxylic acids is 1. The number of carbonyl (C=O) groups excluding carboxylic acids is 1. The third-order valence-electron chi connectivity index (χ3n) is 5.09. The number of hydrogen-bond donors (Lipinski definition) is 1. The molecule has 1 saturated carbocycles. The number of carboxylic acid groups (broad SMARTS) is 1. The van der Waals surface area contributed by atoms with Crippen molar-refractivity contribution in [2.75, 3.05) is 26.2 Å². The molecule has 0 aromatic carbocycles. The van der Waals surface area contributed by atoms with Gasteiger partial charge in [-0.1, -0.05) is 24.4 Å². The lowest BCUT2D eigenvalue weighted by Crippen LogP contribution is -2.53. The molecule has 1 N–H and O–H groups in total. The van der Waals surface area contributed by atoms with E-state index >= 15 is 0 Å². The van der Waals surface area contributed by atoms with Crippen LogP contribution >= 0.6 is 22.9 Å². The molecule has 2 fully saturated rings. The molecule has 1 aliphatic carbocycles. The maximum Gasteiger partial charge on any atom is 0.307 e. The Kier molecular flexibility index (Phi) is 5.91. The van der Waals surface area contributed by atoms with Crippen LogP contribution in [-0.4, -0.2) is 60.8 Å². The summed E-state index contributed by atoms with van der Waals surface area (Å²) in [6.07, 6.45) is 2.80. The molecule has 2 atom stereocenters. The second-order valence-corrected chi connectivity index (χ2v) is 10.5. The molecule has 0 bridgehead atoms. The Morgan fingerprint density at radius 2 is 1.69 bits per heavy atom. The fourth-order valence-corrected chi connectivity index (χ4v) is 6.73. The molecule has 144 valence electrons. The third-order valence-corrected chi connectivity index (χ3v) is 8.69. The fourth-order valence-electron chi connectivity index (χ4n) is 3.67. The summed E-state index contributed by atoms with van der Waals surface area (Å²) in [4.78, 5) is 25.8. The summed E-state index contributed by atoms with van der Waals surface area (Å²) in [7, 11) is -3.60. The minimum Gasteiger partial charge on any atom is -0.481 e. The lowest BCUT2D eigenvalue weighted by molar-refractivity contribution is -0.152. The van der Waals surface area contributed by atoms with E-state index in [-0.39, 0.29) is 36.3 Å². The van der Waals surface area contributed by atoms with Gasteiger partial charge in [-0.25, -0.2) is 8.42 Å². The van der Waals surface area contributed by atoms with E-state index in [1.54, 1.807) is 11.0 Å². The maximum absolute atomic E-state index is 12.8. The number of rotatable bonds is 4. The minimum absolute atomic E-state index is 0.159.